The van der Waals surface area contributed by atoms with E-state index in [0.29, 0.717) is 48.0 Å². The molecule has 1 N–H and O–H groups in total. The van der Waals surface area contributed by atoms with E-state index in [1.807, 2.05) is 29.2 Å². The van der Waals surface area contributed by atoms with Crippen LogP contribution < -0.4 is 15.0 Å². The summed E-state index contributed by atoms with van der Waals surface area (Å²) in [6.07, 6.45) is 0.571. The highest BCUT2D eigenvalue weighted by Gasteiger charge is 2.22. The minimum Gasteiger partial charge on any atom is -0.497 e. The molecule has 41 heavy (non-hydrogen) atoms. The van der Waals surface area contributed by atoms with Crippen molar-refractivity contribution in [2.75, 3.05) is 50.1 Å². The molecule has 0 spiro atoms. The number of carbonyl (C=O) groups is 3. The molecule has 9 heteroatoms. The fraction of sp³-hybridized carbons (Fsp3) is 0.344. The van der Waals surface area contributed by atoms with Gasteiger partial charge in [0.2, 0.25) is 11.8 Å². The van der Waals surface area contributed by atoms with Crippen LogP contribution in [-0.4, -0.2) is 67.4 Å². The first-order valence-corrected chi connectivity index (χ1v) is 13.8. The molecule has 1 aliphatic heterocycles. The van der Waals surface area contributed by atoms with Gasteiger partial charge >= 0.3 is 0 Å². The molecule has 1 aliphatic rings. The SMILES string of the molecule is COc1ccc(C(=O)N(CC(=O)Nc2ccc(N3CCN(C(=O)CC(C)C)CC3)cc2)Cc2ccc(F)cc2)cc1. The Labute approximate surface area is 240 Å². The smallest absolute Gasteiger partial charge is 0.254 e. The molecular weight excluding hydrogens is 523 g/mol. The molecule has 1 saturated heterocycles. The van der Waals surface area contributed by atoms with Crippen molar-refractivity contribution >= 4 is 29.1 Å². The van der Waals surface area contributed by atoms with Crippen molar-refractivity contribution in [1.29, 1.82) is 0 Å². The van der Waals surface area contributed by atoms with Crippen LogP contribution in [0.25, 0.3) is 0 Å². The lowest BCUT2D eigenvalue weighted by molar-refractivity contribution is -0.132. The lowest BCUT2D eigenvalue weighted by Crippen LogP contribution is -2.49. The normalized spacial score (nSPS) is 13.2. The standard InChI is InChI=1S/C32H37FN4O4/c1-23(2)20-31(39)36-18-16-35(17-19-36)28-12-10-27(11-13-28)34-30(38)22-37(21-24-4-8-26(33)9-5-24)32(40)25-6-14-29(41-3)15-7-25/h4-15,23H,16-22H2,1-3H3,(H,34,38). The molecule has 0 bridgehead atoms. The summed E-state index contributed by atoms with van der Waals surface area (Å²) >= 11 is 0. The van der Waals surface area contributed by atoms with Gasteiger partial charge in [-0.1, -0.05) is 26.0 Å². The number of carbonyl (C=O) groups excluding carboxylic acids is 3. The minimum absolute atomic E-state index is 0.142. The number of amides is 3. The number of hydrogen-bond donors (Lipinski definition) is 1. The molecule has 4 rings (SSSR count). The molecule has 216 valence electrons. The van der Waals surface area contributed by atoms with E-state index in [1.165, 1.54) is 17.0 Å². The van der Waals surface area contributed by atoms with Gasteiger partial charge in [0.05, 0.1) is 7.11 Å². The van der Waals surface area contributed by atoms with Crippen LogP contribution >= 0.6 is 0 Å². The second-order valence-electron chi connectivity index (χ2n) is 10.6. The van der Waals surface area contributed by atoms with Crippen LogP contribution in [0.1, 0.15) is 36.2 Å². The Balaban J connectivity index is 1.37. The summed E-state index contributed by atoms with van der Waals surface area (Å²) in [5, 5.41) is 2.88. The van der Waals surface area contributed by atoms with E-state index in [-0.39, 0.29) is 36.6 Å². The van der Waals surface area contributed by atoms with E-state index in [1.54, 1.807) is 43.5 Å². The number of ether oxygens (including phenoxy) is 1. The van der Waals surface area contributed by atoms with Crippen LogP contribution in [0.2, 0.25) is 0 Å². The summed E-state index contributed by atoms with van der Waals surface area (Å²) in [5.74, 6) is 0.127. The third-order valence-electron chi connectivity index (χ3n) is 6.98. The number of halogens is 1. The molecule has 0 radical (unpaired) electrons. The zero-order valence-corrected chi connectivity index (χ0v) is 23.8. The van der Waals surface area contributed by atoms with Crippen LogP contribution in [0.15, 0.2) is 72.8 Å². The third kappa shape index (κ3) is 8.30. The summed E-state index contributed by atoms with van der Waals surface area (Å²) in [6, 6.07) is 20.1. The van der Waals surface area contributed by atoms with Gasteiger partial charge in [-0.2, -0.15) is 0 Å². The molecule has 0 atom stereocenters. The van der Waals surface area contributed by atoms with Crippen LogP contribution in [0.5, 0.6) is 5.75 Å². The number of piperazine rings is 1. The molecule has 0 saturated carbocycles. The molecule has 8 nitrogen and oxygen atoms in total. The number of methoxy groups -OCH3 is 1. The predicted molar refractivity (Wildman–Crippen MR) is 157 cm³/mol. The average Bonchev–Trinajstić information content (AvgIpc) is 2.97. The Hall–Kier alpha value is -4.40. The molecule has 1 fully saturated rings. The van der Waals surface area contributed by atoms with Gasteiger partial charge in [0.1, 0.15) is 18.1 Å². The summed E-state index contributed by atoms with van der Waals surface area (Å²) in [7, 11) is 1.55. The van der Waals surface area contributed by atoms with E-state index in [2.05, 4.69) is 24.1 Å². The van der Waals surface area contributed by atoms with Gasteiger partial charge in [0, 0.05) is 56.1 Å². The Morgan fingerprint density at radius 3 is 2.12 bits per heavy atom. The Morgan fingerprint density at radius 2 is 1.54 bits per heavy atom. The summed E-state index contributed by atoms with van der Waals surface area (Å²) in [5.41, 5.74) is 2.75. The summed E-state index contributed by atoms with van der Waals surface area (Å²) in [4.78, 5) is 44.3. The van der Waals surface area contributed by atoms with Crippen molar-refractivity contribution in [2.24, 2.45) is 5.92 Å². The van der Waals surface area contributed by atoms with Crippen molar-refractivity contribution in [3.63, 3.8) is 0 Å². The first-order chi connectivity index (χ1) is 19.7. The summed E-state index contributed by atoms with van der Waals surface area (Å²) in [6.45, 7) is 6.95. The van der Waals surface area contributed by atoms with Crippen molar-refractivity contribution in [1.82, 2.24) is 9.80 Å². The Bertz CT molecular complexity index is 1320. The topological polar surface area (TPSA) is 82.2 Å². The molecule has 3 aromatic carbocycles. The highest BCUT2D eigenvalue weighted by atomic mass is 19.1. The Morgan fingerprint density at radius 1 is 0.902 bits per heavy atom. The van der Waals surface area contributed by atoms with E-state index in [9.17, 15) is 18.8 Å². The second-order valence-corrected chi connectivity index (χ2v) is 10.6. The first-order valence-electron chi connectivity index (χ1n) is 13.8. The molecule has 0 aromatic heterocycles. The van der Waals surface area contributed by atoms with Crippen molar-refractivity contribution in [2.45, 2.75) is 26.8 Å². The first kappa shape index (κ1) is 29.6. The molecular formula is C32H37FN4O4. The van der Waals surface area contributed by atoms with E-state index >= 15 is 0 Å². The molecule has 3 amide bonds. The number of benzene rings is 3. The van der Waals surface area contributed by atoms with Crippen molar-refractivity contribution < 1.29 is 23.5 Å². The van der Waals surface area contributed by atoms with E-state index in [0.717, 1.165) is 18.8 Å². The van der Waals surface area contributed by atoms with Crippen LogP contribution in [-0.2, 0) is 16.1 Å². The maximum absolute atomic E-state index is 13.4. The van der Waals surface area contributed by atoms with Gasteiger partial charge in [-0.3, -0.25) is 14.4 Å². The number of anilines is 2. The molecule has 3 aromatic rings. The quantitative estimate of drug-likeness (QED) is 0.385. The molecule has 0 unspecified atom stereocenters. The van der Waals surface area contributed by atoms with Crippen LogP contribution in [0, 0.1) is 11.7 Å². The third-order valence-corrected chi connectivity index (χ3v) is 6.98. The number of rotatable bonds is 10. The lowest BCUT2D eigenvalue weighted by atomic mass is 10.1. The fourth-order valence-electron chi connectivity index (χ4n) is 4.75. The van der Waals surface area contributed by atoms with Gasteiger partial charge in [0.15, 0.2) is 0 Å². The number of nitrogens with one attached hydrogen (secondary N) is 1. The lowest BCUT2D eigenvalue weighted by Gasteiger charge is -2.36. The average molecular weight is 561 g/mol. The van der Waals surface area contributed by atoms with Gasteiger partial charge < -0.3 is 24.8 Å². The van der Waals surface area contributed by atoms with E-state index in [4.69, 9.17) is 4.74 Å². The molecule has 1 heterocycles. The zero-order chi connectivity index (χ0) is 29.4. The highest BCUT2D eigenvalue weighted by Crippen LogP contribution is 2.21. The van der Waals surface area contributed by atoms with Gasteiger partial charge in [-0.05, 0) is 72.1 Å². The maximum Gasteiger partial charge on any atom is 0.254 e. The largest absolute Gasteiger partial charge is 0.497 e. The number of hydrogen-bond acceptors (Lipinski definition) is 5. The molecule has 0 aliphatic carbocycles. The zero-order valence-electron chi connectivity index (χ0n) is 23.8. The van der Waals surface area contributed by atoms with Crippen LogP contribution in [0.4, 0.5) is 15.8 Å². The maximum atomic E-state index is 13.4. The number of nitrogens with zero attached hydrogens (tertiary/aromatic N) is 3. The van der Waals surface area contributed by atoms with Gasteiger partial charge in [-0.15, -0.1) is 0 Å². The van der Waals surface area contributed by atoms with Crippen molar-refractivity contribution in [3.05, 3.63) is 89.7 Å². The highest BCUT2D eigenvalue weighted by molar-refractivity contribution is 5.99. The predicted octanol–water partition coefficient (Wildman–Crippen LogP) is 4.81. The Kier molecular flexibility index (Phi) is 9.95. The van der Waals surface area contributed by atoms with E-state index < -0.39 is 0 Å². The van der Waals surface area contributed by atoms with Crippen molar-refractivity contribution in [3.8, 4) is 5.75 Å². The fourth-order valence-corrected chi connectivity index (χ4v) is 4.75. The van der Waals surface area contributed by atoms with Gasteiger partial charge in [-0.25, -0.2) is 4.39 Å². The monoisotopic (exact) mass is 560 g/mol. The minimum atomic E-state index is -0.371. The van der Waals surface area contributed by atoms with Gasteiger partial charge in [0.25, 0.3) is 5.91 Å². The van der Waals surface area contributed by atoms with Crippen LogP contribution in [0.3, 0.4) is 0 Å². The second kappa shape index (κ2) is 13.8. The summed E-state index contributed by atoms with van der Waals surface area (Å²) < 4.78 is 18.6.